The first-order valence-electron chi connectivity index (χ1n) is 17.7. The zero-order valence-corrected chi connectivity index (χ0v) is 30.8. The van der Waals surface area contributed by atoms with Crippen molar-refractivity contribution in [2.45, 2.75) is 31.8 Å². The number of carbonyl (C=O) groups is 2. The van der Waals surface area contributed by atoms with Gasteiger partial charge in [-0.1, -0.05) is 54.6 Å². The van der Waals surface area contributed by atoms with Crippen molar-refractivity contribution in [2.24, 2.45) is 0 Å². The second kappa shape index (κ2) is 19.1. The lowest BCUT2D eigenvalue weighted by Gasteiger charge is -2.33. The quantitative estimate of drug-likeness (QED) is 0.0914. The van der Waals surface area contributed by atoms with Gasteiger partial charge >= 0.3 is 6.18 Å². The van der Waals surface area contributed by atoms with Gasteiger partial charge in [0, 0.05) is 57.5 Å². The van der Waals surface area contributed by atoms with Gasteiger partial charge in [0.1, 0.15) is 17.5 Å². The van der Waals surface area contributed by atoms with E-state index in [4.69, 9.17) is 18.9 Å². The summed E-state index contributed by atoms with van der Waals surface area (Å²) in [7, 11) is 4.83. The number of carbonyl (C=O) groups excluding carboxylic acids is 2. The number of hydrogen-bond donors (Lipinski definition) is 0. The van der Waals surface area contributed by atoms with Crippen molar-refractivity contribution in [1.82, 2.24) is 9.80 Å². The number of halogens is 3. The molecular weight excluding hydrogens is 699 g/mol. The highest BCUT2D eigenvalue weighted by Gasteiger charge is 2.32. The molecule has 54 heavy (non-hydrogen) atoms. The van der Waals surface area contributed by atoms with Gasteiger partial charge in [0.25, 0.3) is 0 Å². The van der Waals surface area contributed by atoms with Gasteiger partial charge in [-0.3, -0.25) is 9.59 Å². The van der Waals surface area contributed by atoms with Crippen LogP contribution in [0.15, 0.2) is 103 Å². The van der Waals surface area contributed by atoms with E-state index in [-0.39, 0.29) is 38.6 Å². The maximum absolute atomic E-state index is 14.4. The van der Waals surface area contributed by atoms with Crippen LogP contribution < -0.4 is 14.4 Å². The van der Waals surface area contributed by atoms with Crippen molar-refractivity contribution >= 4 is 23.6 Å². The zero-order valence-electron chi connectivity index (χ0n) is 30.8. The van der Waals surface area contributed by atoms with E-state index in [1.807, 2.05) is 66.7 Å². The van der Waals surface area contributed by atoms with Gasteiger partial charge < -0.3 is 33.6 Å². The normalized spacial score (nSPS) is 13.8. The molecule has 0 aliphatic carbocycles. The topological polar surface area (TPSA) is 80.8 Å². The number of likely N-dealkylation sites (N-methyl/N-ethyl adjacent to an activating group) is 1. The second-order valence-corrected chi connectivity index (χ2v) is 12.9. The molecule has 1 fully saturated rings. The number of alkyl halides is 3. The number of benzene rings is 4. The number of methoxy groups -OCH3 is 2. The molecule has 1 saturated heterocycles. The van der Waals surface area contributed by atoms with E-state index in [1.54, 1.807) is 32.2 Å². The molecule has 5 rings (SSSR count). The third kappa shape index (κ3) is 11.3. The van der Waals surface area contributed by atoms with Crippen LogP contribution in [0.1, 0.15) is 27.8 Å². The van der Waals surface area contributed by atoms with Crippen LogP contribution in [0.2, 0.25) is 0 Å². The smallest absolute Gasteiger partial charge is 0.416 e. The fourth-order valence-electron chi connectivity index (χ4n) is 6.09. The van der Waals surface area contributed by atoms with Gasteiger partial charge in [0.05, 0.1) is 46.2 Å². The second-order valence-electron chi connectivity index (χ2n) is 12.9. The molecule has 0 saturated carbocycles. The molecule has 0 radical (unpaired) electrons. The van der Waals surface area contributed by atoms with E-state index in [9.17, 15) is 22.8 Å². The van der Waals surface area contributed by atoms with Crippen molar-refractivity contribution in [3.8, 4) is 11.5 Å². The predicted molar refractivity (Wildman–Crippen MR) is 201 cm³/mol. The number of hydrogen-bond acceptors (Lipinski definition) is 7. The summed E-state index contributed by atoms with van der Waals surface area (Å²) >= 11 is 0. The first kappa shape index (κ1) is 39.9. The predicted octanol–water partition coefficient (Wildman–Crippen LogP) is 6.89. The molecule has 4 aromatic carbocycles. The summed E-state index contributed by atoms with van der Waals surface area (Å²) < 4.78 is 61.7. The van der Waals surface area contributed by atoms with Gasteiger partial charge in [0.15, 0.2) is 0 Å². The first-order valence-corrected chi connectivity index (χ1v) is 17.7. The van der Waals surface area contributed by atoms with E-state index in [0.717, 1.165) is 47.6 Å². The monoisotopic (exact) mass is 745 g/mol. The Balaban J connectivity index is 1.38. The van der Waals surface area contributed by atoms with Gasteiger partial charge in [-0.2, -0.15) is 13.2 Å². The molecule has 2 amide bonds. The number of ether oxygens (including phenoxy) is 4. The van der Waals surface area contributed by atoms with Crippen molar-refractivity contribution in [2.75, 3.05) is 65.6 Å². The maximum Gasteiger partial charge on any atom is 0.416 e. The summed E-state index contributed by atoms with van der Waals surface area (Å²) in [6, 6.07) is 26.5. The highest BCUT2D eigenvalue weighted by molar-refractivity contribution is 5.95. The van der Waals surface area contributed by atoms with E-state index in [2.05, 4.69) is 4.90 Å². The van der Waals surface area contributed by atoms with E-state index in [1.165, 1.54) is 29.2 Å². The highest BCUT2D eigenvalue weighted by Crippen LogP contribution is 2.29. The van der Waals surface area contributed by atoms with Crippen LogP contribution >= 0.6 is 0 Å². The van der Waals surface area contributed by atoms with Crippen LogP contribution in [0.4, 0.5) is 18.9 Å². The van der Waals surface area contributed by atoms with E-state index < -0.39 is 23.7 Å². The maximum atomic E-state index is 14.4. The molecule has 0 N–H and O–H groups in total. The summed E-state index contributed by atoms with van der Waals surface area (Å²) in [6.45, 7) is 3.70. The minimum absolute atomic E-state index is 0.116. The van der Waals surface area contributed by atoms with Crippen molar-refractivity contribution in [3.05, 3.63) is 131 Å². The summed E-state index contributed by atoms with van der Waals surface area (Å²) in [5, 5.41) is 0. The van der Waals surface area contributed by atoms with Gasteiger partial charge in [-0.15, -0.1) is 0 Å². The van der Waals surface area contributed by atoms with Crippen molar-refractivity contribution in [1.29, 1.82) is 0 Å². The molecule has 1 heterocycles. The Kier molecular flexibility index (Phi) is 14.1. The SMILES string of the molecule is COc1cc(COCCN(C)C(=O)C(Cc2ccccc2)N(Cc2ccc(N3CCOCC3)cc2)C(=O)C=Cc2ccc(C(F)(F)F)cc2)cc(OC)c1. The fourth-order valence-corrected chi connectivity index (χ4v) is 6.09. The number of rotatable bonds is 16. The van der Waals surface area contributed by atoms with Crippen molar-refractivity contribution in [3.63, 3.8) is 0 Å². The molecular formula is C42H46F3N3O6. The van der Waals surface area contributed by atoms with Gasteiger partial charge in [-0.05, 0) is 64.7 Å². The Morgan fingerprint density at radius 3 is 2.11 bits per heavy atom. The van der Waals surface area contributed by atoms with Gasteiger partial charge in [0.2, 0.25) is 11.8 Å². The zero-order chi connectivity index (χ0) is 38.5. The van der Waals surface area contributed by atoms with Crippen LogP contribution in [-0.2, 0) is 44.8 Å². The van der Waals surface area contributed by atoms with Crippen molar-refractivity contribution < 1.29 is 41.7 Å². The number of anilines is 1. The first-order chi connectivity index (χ1) is 26.0. The summed E-state index contributed by atoms with van der Waals surface area (Å²) in [6.07, 6.45) is -1.47. The molecule has 1 aliphatic rings. The fraction of sp³-hybridized carbons (Fsp3) is 0.333. The third-order valence-electron chi connectivity index (χ3n) is 9.17. The minimum atomic E-state index is -4.48. The molecule has 12 heteroatoms. The largest absolute Gasteiger partial charge is 0.497 e. The Hall–Kier alpha value is -5.33. The van der Waals surface area contributed by atoms with Crippen LogP contribution in [0.3, 0.4) is 0 Å². The highest BCUT2D eigenvalue weighted by atomic mass is 19.4. The molecule has 1 aliphatic heterocycles. The molecule has 1 unspecified atom stereocenters. The summed E-state index contributed by atoms with van der Waals surface area (Å²) in [5.74, 6) is 0.526. The third-order valence-corrected chi connectivity index (χ3v) is 9.17. The lowest BCUT2D eigenvalue weighted by Crippen LogP contribution is -2.51. The number of amides is 2. The lowest BCUT2D eigenvalue weighted by atomic mass is 10.0. The average Bonchev–Trinajstić information content (AvgIpc) is 3.20. The van der Waals surface area contributed by atoms with Gasteiger partial charge in [-0.25, -0.2) is 0 Å². The molecule has 4 aromatic rings. The van der Waals surface area contributed by atoms with Crippen LogP contribution in [0.25, 0.3) is 6.08 Å². The molecule has 9 nitrogen and oxygen atoms in total. The van der Waals surface area contributed by atoms with E-state index in [0.29, 0.717) is 30.3 Å². The molecule has 0 spiro atoms. The molecule has 1 atom stereocenters. The number of morpholine rings is 1. The molecule has 0 bridgehead atoms. The molecule has 0 aromatic heterocycles. The number of nitrogens with zero attached hydrogens (tertiary/aromatic N) is 3. The van der Waals surface area contributed by atoms with Crippen LogP contribution in [0, 0.1) is 0 Å². The molecule has 286 valence electrons. The Bertz CT molecular complexity index is 1810. The Morgan fingerprint density at radius 1 is 0.852 bits per heavy atom. The summed E-state index contributed by atoms with van der Waals surface area (Å²) in [5.41, 5.74) is 3.19. The van der Waals surface area contributed by atoms with Crippen LogP contribution in [-0.4, -0.2) is 88.4 Å². The summed E-state index contributed by atoms with van der Waals surface area (Å²) in [4.78, 5) is 33.9. The lowest BCUT2D eigenvalue weighted by molar-refractivity contribution is -0.143. The van der Waals surface area contributed by atoms with E-state index >= 15 is 0 Å². The standard InChI is InChI=1S/C42H46F3N3O6/c1-46(19-22-54-30-34-25-37(51-2)28-38(26-34)52-3)41(50)39(27-32-7-5-4-6-8-32)48(29-33-11-16-36(17-12-33)47-20-23-53-24-21-47)40(49)18-13-31-9-14-35(15-10-31)42(43,44)45/h4-18,25-26,28,39H,19-24,27,29-30H2,1-3H3. The van der Waals surface area contributed by atoms with Crippen LogP contribution in [0.5, 0.6) is 11.5 Å². The minimum Gasteiger partial charge on any atom is -0.497 e. The Morgan fingerprint density at radius 2 is 1.50 bits per heavy atom. The average molecular weight is 746 g/mol. The Labute approximate surface area is 314 Å².